The van der Waals surface area contributed by atoms with Crippen molar-refractivity contribution >= 4 is 13.8 Å². The van der Waals surface area contributed by atoms with Gasteiger partial charge in [-0.3, -0.25) is 13.8 Å². The van der Waals surface area contributed by atoms with Gasteiger partial charge in [-0.2, -0.15) is 0 Å². The van der Waals surface area contributed by atoms with Crippen LogP contribution < -0.4 is 0 Å². The number of quaternary nitrogens is 1. The van der Waals surface area contributed by atoms with E-state index in [0.29, 0.717) is 17.4 Å². The summed E-state index contributed by atoms with van der Waals surface area (Å²) in [7, 11) is 1.67. The van der Waals surface area contributed by atoms with E-state index in [1.807, 2.05) is 27.2 Å². The van der Waals surface area contributed by atoms with Crippen molar-refractivity contribution in [1.29, 1.82) is 0 Å². The number of hydrogen-bond donors (Lipinski definition) is 1. The van der Waals surface area contributed by atoms with Gasteiger partial charge in [0.25, 0.3) is 0 Å². The van der Waals surface area contributed by atoms with Crippen LogP contribution in [0.4, 0.5) is 0 Å². The molecule has 1 N–H and O–H groups in total. The molecule has 0 saturated carbocycles. The fraction of sp³-hybridized carbons (Fsp3) is 0.860. The van der Waals surface area contributed by atoms with Crippen LogP contribution in [0.2, 0.25) is 0 Å². The summed E-state index contributed by atoms with van der Waals surface area (Å²) in [5.41, 5.74) is 0. The predicted octanol–water partition coefficient (Wildman–Crippen LogP) is 15.3. The molecule has 8 nitrogen and oxygen atoms in total. The van der Waals surface area contributed by atoms with Crippen LogP contribution in [0.5, 0.6) is 0 Å². The Morgan fingerprint density at radius 3 is 1.31 bits per heavy atom. The van der Waals surface area contributed by atoms with Gasteiger partial charge in [0.1, 0.15) is 19.8 Å². The van der Waals surface area contributed by atoms with Gasteiger partial charge in [0, 0.05) is 6.42 Å². The Hall–Kier alpha value is -1.44. The number of esters is 1. The van der Waals surface area contributed by atoms with Crippen LogP contribution in [-0.4, -0.2) is 69.0 Å². The van der Waals surface area contributed by atoms with Crippen molar-refractivity contribution in [3.8, 4) is 0 Å². The SMILES string of the molecule is CCCCCCCC/C=C\CCCCCC/C=C\OC(COC(=O)CCCCCCCCCCCCC/C=C\CCCCCCCC)COP(=O)(O)OCC[N+](C)(C)C. The summed E-state index contributed by atoms with van der Waals surface area (Å²) in [4.78, 5) is 22.8. The first-order chi connectivity index (χ1) is 28.6. The van der Waals surface area contributed by atoms with Crippen molar-refractivity contribution in [3.63, 3.8) is 0 Å². The second-order valence-corrected chi connectivity index (χ2v) is 19.4. The van der Waals surface area contributed by atoms with E-state index in [2.05, 4.69) is 38.2 Å². The highest BCUT2D eigenvalue weighted by Crippen LogP contribution is 2.43. The number of carbonyl (C=O) groups is 1. The van der Waals surface area contributed by atoms with Gasteiger partial charge in [-0.05, 0) is 76.7 Å². The van der Waals surface area contributed by atoms with Crippen molar-refractivity contribution < 1.29 is 37.3 Å². The molecule has 0 aromatic heterocycles. The zero-order valence-corrected chi connectivity index (χ0v) is 40.4. The molecular weight excluding hydrogens is 758 g/mol. The van der Waals surface area contributed by atoms with Crippen LogP contribution in [0.1, 0.15) is 226 Å². The Morgan fingerprint density at radius 2 is 0.898 bits per heavy atom. The molecule has 2 atom stereocenters. The van der Waals surface area contributed by atoms with Crippen molar-refractivity contribution in [3.05, 3.63) is 36.6 Å². The first-order valence-corrected chi connectivity index (χ1v) is 26.3. The summed E-state index contributed by atoms with van der Waals surface area (Å²) in [6.45, 7) is 4.91. The number of ether oxygens (including phenoxy) is 2. The van der Waals surface area contributed by atoms with Gasteiger partial charge < -0.3 is 18.9 Å². The molecule has 348 valence electrons. The molecule has 0 aliphatic rings. The van der Waals surface area contributed by atoms with E-state index in [1.54, 1.807) is 6.26 Å². The van der Waals surface area contributed by atoms with Gasteiger partial charge >= 0.3 is 13.8 Å². The fourth-order valence-electron chi connectivity index (χ4n) is 6.82. The summed E-state index contributed by atoms with van der Waals surface area (Å²) in [5.74, 6) is -0.278. The van der Waals surface area contributed by atoms with Crippen molar-refractivity contribution in [2.75, 3.05) is 47.5 Å². The van der Waals surface area contributed by atoms with E-state index < -0.39 is 13.9 Å². The maximum atomic E-state index is 12.5. The average molecular weight is 855 g/mol. The van der Waals surface area contributed by atoms with Crippen LogP contribution in [0.25, 0.3) is 0 Å². The third-order valence-corrected chi connectivity index (χ3v) is 11.7. The Morgan fingerprint density at radius 1 is 0.525 bits per heavy atom. The van der Waals surface area contributed by atoms with E-state index in [-0.39, 0.29) is 25.8 Å². The summed E-state index contributed by atoms with van der Waals surface area (Å²) in [6, 6.07) is 0. The molecule has 0 radical (unpaired) electrons. The number of nitrogens with zero attached hydrogens (tertiary/aromatic N) is 1. The molecule has 0 rings (SSSR count). The standard InChI is InChI=1S/C50H96NO7P/c1-6-8-10-12-14-16-18-20-22-24-25-26-27-28-29-31-33-35-37-39-41-43-50(52)56-47-49(48-58-59(53,54)57-46-44-51(3,4)5)55-45-42-40-38-36-34-32-30-23-21-19-17-15-13-11-9-7-2/h20-23,42,45,49H,6-19,24-41,43-44,46-48H2,1-5H3/p+1/b22-20-,23-21-,45-42-. The number of unbranched alkanes of at least 4 members (excludes halogenated alkanes) is 28. The smallest absolute Gasteiger partial charge is 0.472 e. The quantitative estimate of drug-likeness (QED) is 0.0163. The molecule has 0 saturated heterocycles. The number of phosphoric ester groups is 1. The number of allylic oxidation sites excluding steroid dienone is 5. The molecule has 0 fully saturated rings. The molecule has 0 aromatic rings. The maximum Gasteiger partial charge on any atom is 0.472 e. The average Bonchev–Trinajstić information content (AvgIpc) is 3.19. The minimum atomic E-state index is -4.27. The second kappa shape index (κ2) is 43.2. The third-order valence-electron chi connectivity index (χ3n) is 10.8. The number of rotatable bonds is 46. The normalized spacial score (nSPS) is 13.9. The highest BCUT2D eigenvalue weighted by atomic mass is 31.2. The second-order valence-electron chi connectivity index (χ2n) is 17.9. The van der Waals surface area contributed by atoms with E-state index in [0.717, 1.165) is 44.9 Å². The Kier molecular flexibility index (Phi) is 42.2. The molecule has 0 spiro atoms. The maximum absolute atomic E-state index is 12.5. The lowest BCUT2D eigenvalue weighted by molar-refractivity contribution is -0.870. The largest absolute Gasteiger partial charge is 0.492 e. The van der Waals surface area contributed by atoms with Gasteiger partial charge in [-0.1, -0.05) is 173 Å². The van der Waals surface area contributed by atoms with Crippen LogP contribution in [-0.2, 0) is 27.9 Å². The lowest BCUT2D eigenvalue weighted by Crippen LogP contribution is -2.37. The summed E-state index contributed by atoms with van der Waals surface area (Å²) in [5, 5.41) is 0. The zero-order valence-electron chi connectivity index (χ0n) is 39.5. The van der Waals surface area contributed by atoms with Crippen molar-refractivity contribution in [2.45, 2.75) is 232 Å². The van der Waals surface area contributed by atoms with E-state index >= 15 is 0 Å². The van der Waals surface area contributed by atoms with Gasteiger partial charge in [-0.25, -0.2) is 4.57 Å². The monoisotopic (exact) mass is 855 g/mol. The third kappa shape index (κ3) is 47.5. The van der Waals surface area contributed by atoms with Crippen LogP contribution in [0, 0.1) is 0 Å². The highest BCUT2D eigenvalue weighted by Gasteiger charge is 2.25. The molecule has 9 heteroatoms. The Labute approximate surface area is 365 Å². The summed E-state index contributed by atoms with van der Waals surface area (Å²) < 4.78 is 34.9. The molecule has 0 amide bonds. The van der Waals surface area contributed by atoms with Crippen LogP contribution in [0.15, 0.2) is 36.6 Å². The zero-order chi connectivity index (χ0) is 43.4. The predicted molar refractivity (Wildman–Crippen MR) is 252 cm³/mol. The topological polar surface area (TPSA) is 91.3 Å². The molecule has 59 heavy (non-hydrogen) atoms. The molecule has 2 unspecified atom stereocenters. The number of hydrogen-bond acceptors (Lipinski definition) is 6. The molecular formula is C50H97NO7P+. The van der Waals surface area contributed by atoms with Gasteiger partial charge in [0.15, 0.2) is 6.10 Å². The lowest BCUT2D eigenvalue weighted by Gasteiger charge is -2.24. The van der Waals surface area contributed by atoms with Gasteiger partial charge in [0.2, 0.25) is 0 Å². The fourth-order valence-corrected chi connectivity index (χ4v) is 7.56. The van der Waals surface area contributed by atoms with Gasteiger partial charge in [0.05, 0.1) is 34.0 Å². The minimum Gasteiger partial charge on any atom is -0.492 e. The van der Waals surface area contributed by atoms with E-state index in [4.69, 9.17) is 18.5 Å². The van der Waals surface area contributed by atoms with E-state index in [9.17, 15) is 14.3 Å². The van der Waals surface area contributed by atoms with Crippen molar-refractivity contribution in [1.82, 2.24) is 0 Å². The first-order valence-electron chi connectivity index (χ1n) is 24.8. The van der Waals surface area contributed by atoms with Crippen LogP contribution >= 0.6 is 7.82 Å². The molecule has 0 bridgehead atoms. The summed E-state index contributed by atoms with van der Waals surface area (Å²) >= 11 is 0. The number of carbonyl (C=O) groups excluding carboxylic acids is 1. The first kappa shape index (κ1) is 57.6. The Bertz CT molecular complexity index is 1040. The molecule has 0 aliphatic carbocycles. The molecule has 0 heterocycles. The lowest BCUT2D eigenvalue weighted by atomic mass is 10.0. The van der Waals surface area contributed by atoms with Crippen molar-refractivity contribution in [2.24, 2.45) is 0 Å². The molecule has 0 aromatic carbocycles. The summed E-state index contributed by atoms with van der Waals surface area (Å²) in [6.07, 6.45) is 52.9. The Balaban J connectivity index is 4.18. The van der Waals surface area contributed by atoms with Gasteiger partial charge in [-0.15, -0.1) is 0 Å². The van der Waals surface area contributed by atoms with Crippen LogP contribution in [0.3, 0.4) is 0 Å². The molecule has 0 aliphatic heterocycles. The minimum absolute atomic E-state index is 0.0512. The van der Waals surface area contributed by atoms with E-state index in [1.165, 1.54) is 161 Å². The number of phosphoric acid groups is 1. The number of likely N-dealkylation sites (N-methyl/N-ethyl adjacent to an activating group) is 1. The highest BCUT2D eigenvalue weighted by molar-refractivity contribution is 7.47.